The molecule has 1 amide bonds. The summed E-state index contributed by atoms with van der Waals surface area (Å²) in [4.78, 5) is 12.0. The summed E-state index contributed by atoms with van der Waals surface area (Å²) in [7, 11) is 0. The number of carbonyl (C=O) groups is 1. The molecule has 1 aromatic carbocycles. The molecular formula is C14H16Cl2N2O. The van der Waals surface area contributed by atoms with Gasteiger partial charge in [0.2, 0.25) is 0 Å². The summed E-state index contributed by atoms with van der Waals surface area (Å²) in [5, 5.41) is 5.07. The van der Waals surface area contributed by atoms with Crippen LogP contribution in [0.5, 0.6) is 0 Å². The first-order valence-corrected chi connectivity index (χ1v) is 7.15. The average molecular weight is 299 g/mol. The topological polar surface area (TPSA) is 41.5 Å². The Morgan fingerprint density at radius 1 is 1.37 bits per heavy atom. The van der Waals surface area contributed by atoms with Gasteiger partial charge >= 0.3 is 0 Å². The lowest BCUT2D eigenvalue weighted by molar-refractivity contribution is 0.0954. The number of hydrogen-bond acceptors (Lipinski definition) is 2. The third kappa shape index (κ3) is 3.71. The Labute approximate surface area is 123 Å². The standard InChI is InChI=1S/C14H16Cl2N2O/c1-9-4-2-3-5-13(9)17-18-14(19)11-7-6-10(15)8-12(11)16/h6-9H,2-5H2,1H3,(H,18,19). The van der Waals surface area contributed by atoms with Gasteiger partial charge in [0, 0.05) is 10.7 Å². The minimum absolute atomic E-state index is 0.299. The number of carbonyl (C=O) groups excluding carboxylic acids is 1. The van der Waals surface area contributed by atoms with Crippen LogP contribution in [0.15, 0.2) is 23.3 Å². The van der Waals surface area contributed by atoms with Crippen LogP contribution in [0.2, 0.25) is 10.0 Å². The SMILES string of the molecule is CC1CCCCC1=NNC(=O)c1ccc(Cl)cc1Cl. The summed E-state index contributed by atoms with van der Waals surface area (Å²) in [6.45, 7) is 2.14. The molecule has 0 radical (unpaired) electrons. The normalized spacial score (nSPS) is 21.4. The maximum absolute atomic E-state index is 12.0. The molecule has 0 aliphatic heterocycles. The zero-order valence-corrected chi connectivity index (χ0v) is 12.3. The first-order chi connectivity index (χ1) is 9.08. The highest BCUT2D eigenvalue weighted by Crippen LogP contribution is 2.22. The lowest BCUT2D eigenvalue weighted by atomic mass is 9.89. The van der Waals surface area contributed by atoms with Gasteiger partial charge in [-0.05, 0) is 43.4 Å². The molecule has 5 heteroatoms. The molecule has 1 atom stereocenters. The van der Waals surface area contributed by atoms with Gasteiger partial charge in [-0.3, -0.25) is 4.79 Å². The predicted octanol–water partition coefficient (Wildman–Crippen LogP) is 4.29. The highest BCUT2D eigenvalue weighted by atomic mass is 35.5. The second-order valence-corrected chi connectivity index (χ2v) is 5.66. The monoisotopic (exact) mass is 298 g/mol. The van der Waals surface area contributed by atoms with E-state index in [1.54, 1.807) is 18.2 Å². The van der Waals surface area contributed by atoms with Gasteiger partial charge in [-0.15, -0.1) is 0 Å². The van der Waals surface area contributed by atoms with Gasteiger partial charge < -0.3 is 0 Å². The van der Waals surface area contributed by atoms with E-state index in [0.29, 0.717) is 21.5 Å². The molecule has 19 heavy (non-hydrogen) atoms. The van der Waals surface area contributed by atoms with E-state index in [0.717, 1.165) is 25.0 Å². The van der Waals surface area contributed by atoms with E-state index < -0.39 is 0 Å². The van der Waals surface area contributed by atoms with Crippen molar-refractivity contribution in [3.8, 4) is 0 Å². The Morgan fingerprint density at radius 3 is 2.84 bits per heavy atom. The molecule has 1 saturated carbocycles. The quantitative estimate of drug-likeness (QED) is 0.813. The molecule has 1 aliphatic carbocycles. The van der Waals surface area contributed by atoms with Crippen LogP contribution in [0.1, 0.15) is 43.0 Å². The van der Waals surface area contributed by atoms with Crippen molar-refractivity contribution in [3.05, 3.63) is 33.8 Å². The number of nitrogens with one attached hydrogen (secondary N) is 1. The number of hydrazone groups is 1. The summed E-state index contributed by atoms with van der Waals surface area (Å²) in [5.74, 6) is 0.140. The smallest absolute Gasteiger partial charge is 0.267 e. The van der Waals surface area contributed by atoms with Crippen molar-refractivity contribution < 1.29 is 4.79 Å². The number of benzene rings is 1. The first kappa shape index (κ1) is 14.4. The second-order valence-electron chi connectivity index (χ2n) is 4.82. The fourth-order valence-electron chi connectivity index (χ4n) is 2.19. The average Bonchev–Trinajstić information content (AvgIpc) is 2.37. The maximum atomic E-state index is 12.0. The summed E-state index contributed by atoms with van der Waals surface area (Å²) in [5.41, 5.74) is 4.03. The molecule has 0 aromatic heterocycles. The summed E-state index contributed by atoms with van der Waals surface area (Å²) >= 11 is 11.8. The molecule has 102 valence electrons. The third-order valence-electron chi connectivity index (χ3n) is 3.37. The highest BCUT2D eigenvalue weighted by Gasteiger charge is 2.17. The first-order valence-electron chi connectivity index (χ1n) is 6.40. The van der Waals surface area contributed by atoms with Gasteiger partial charge in [0.15, 0.2) is 0 Å². The van der Waals surface area contributed by atoms with Crippen molar-refractivity contribution in [2.45, 2.75) is 32.6 Å². The molecule has 0 bridgehead atoms. The second kappa shape index (κ2) is 6.40. The Morgan fingerprint density at radius 2 is 2.16 bits per heavy atom. The van der Waals surface area contributed by atoms with Gasteiger partial charge in [0.1, 0.15) is 0 Å². The number of nitrogens with zero attached hydrogens (tertiary/aromatic N) is 1. The molecule has 0 heterocycles. The van der Waals surface area contributed by atoms with E-state index in [2.05, 4.69) is 17.5 Å². The Hall–Kier alpha value is -1.06. The Kier molecular flexibility index (Phi) is 4.83. The third-order valence-corrected chi connectivity index (χ3v) is 3.91. The van der Waals surface area contributed by atoms with Crippen molar-refractivity contribution in [1.82, 2.24) is 5.43 Å². The fraction of sp³-hybridized carbons (Fsp3) is 0.429. The zero-order chi connectivity index (χ0) is 13.8. The number of amides is 1. The van der Waals surface area contributed by atoms with E-state index in [9.17, 15) is 4.79 Å². The molecule has 1 aromatic rings. The van der Waals surface area contributed by atoms with Crippen LogP contribution in [-0.2, 0) is 0 Å². The summed E-state index contributed by atoms with van der Waals surface area (Å²) < 4.78 is 0. The number of hydrogen-bond donors (Lipinski definition) is 1. The molecule has 3 nitrogen and oxygen atoms in total. The van der Waals surface area contributed by atoms with Crippen molar-refractivity contribution in [1.29, 1.82) is 0 Å². The zero-order valence-electron chi connectivity index (χ0n) is 10.7. The van der Waals surface area contributed by atoms with E-state index >= 15 is 0 Å². The maximum Gasteiger partial charge on any atom is 0.272 e. The van der Waals surface area contributed by atoms with E-state index in [1.165, 1.54) is 6.42 Å². The molecule has 2 rings (SSSR count). The Balaban J connectivity index is 2.06. The highest BCUT2D eigenvalue weighted by molar-refractivity contribution is 6.36. The molecule has 1 N–H and O–H groups in total. The number of halogens is 2. The van der Waals surface area contributed by atoms with Crippen LogP contribution in [0.25, 0.3) is 0 Å². The van der Waals surface area contributed by atoms with Crippen molar-refractivity contribution in [3.63, 3.8) is 0 Å². The molecular weight excluding hydrogens is 283 g/mol. The summed E-state index contributed by atoms with van der Waals surface area (Å²) in [6.07, 6.45) is 4.46. The van der Waals surface area contributed by atoms with Crippen LogP contribution in [0.3, 0.4) is 0 Å². The molecule has 1 aliphatic rings. The molecule has 1 fully saturated rings. The van der Waals surface area contributed by atoms with Crippen molar-refractivity contribution in [2.24, 2.45) is 11.0 Å². The van der Waals surface area contributed by atoms with Crippen LogP contribution >= 0.6 is 23.2 Å². The van der Waals surface area contributed by atoms with E-state index in [-0.39, 0.29) is 5.91 Å². The lowest BCUT2D eigenvalue weighted by Gasteiger charge is -2.19. The van der Waals surface area contributed by atoms with Crippen molar-refractivity contribution >= 4 is 34.8 Å². The van der Waals surface area contributed by atoms with Crippen molar-refractivity contribution in [2.75, 3.05) is 0 Å². The van der Waals surface area contributed by atoms with Gasteiger partial charge in [-0.25, -0.2) is 5.43 Å². The fourth-order valence-corrected chi connectivity index (χ4v) is 2.69. The van der Waals surface area contributed by atoms with Gasteiger partial charge in [-0.1, -0.05) is 36.5 Å². The van der Waals surface area contributed by atoms with E-state index in [1.807, 2.05) is 0 Å². The predicted molar refractivity (Wildman–Crippen MR) is 79.0 cm³/mol. The summed E-state index contributed by atoms with van der Waals surface area (Å²) in [6, 6.07) is 4.79. The minimum Gasteiger partial charge on any atom is -0.267 e. The largest absolute Gasteiger partial charge is 0.272 e. The van der Waals surface area contributed by atoms with Gasteiger partial charge in [0.25, 0.3) is 5.91 Å². The molecule has 0 saturated heterocycles. The lowest BCUT2D eigenvalue weighted by Crippen LogP contribution is -2.24. The van der Waals surface area contributed by atoms with Gasteiger partial charge in [-0.2, -0.15) is 5.10 Å². The van der Waals surface area contributed by atoms with E-state index in [4.69, 9.17) is 23.2 Å². The molecule has 0 spiro atoms. The Bertz CT molecular complexity index is 514. The van der Waals surface area contributed by atoms with Crippen LogP contribution in [0, 0.1) is 5.92 Å². The molecule has 1 unspecified atom stereocenters. The van der Waals surface area contributed by atoms with Crippen LogP contribution < -0.4 is 5.43 Å². The van der Waals surface area contributed by atoms with Gasteiger partial charge in [0.05, 0.1) is 10.6 Å². The van der Waals surface area contributed by atoms with Crippen LogP contribution in [-0.4, -0.2) is 11.6 Å². The minimum atomic E-state index is -0.299. The number of rotatable bonds is 2. The van der Waals surface area contributed by atoms with Crippen LogP contribution in [0.4, 0.5) is 0 Å².